The van der Waals surface area contributed by atoms with Crippen LogP contribution in [-0.4, -0.2) is 9.13 Å². The molecule has 12 aromatic rings. The Balaban J connectivity index is 0.957. The largest absolute Gasteiger partial charge is 0.310 e. The number of para-hydroxylation sites is 6. The van der Waals surface area contributed by atoms with Crippen molar-refractivity contribution in [2.24, 2.45) is 0 Å². The van der Waals surface area contributed by atoms with Gasteiger partial charge in [-0.1, -0.05) is 146 Å². The summed E-state index contributed by atoms with van der Waals surface area (Å²) in [6.07, 6.45) is 0. The number of benzene rings is 10. The van der Waals surface area contributed by atoms with Crippen LogP contribution in [0, 0.1) is 0 Å². The summed E-state index contributed by atoms with van der Waals surface area (Å²) in [5, 5.41) is 4.91. The molecule has 2 aromatic heterocycles. The van der Waals surface area contributed by atoms with E-state index in [1.165, 1.54) is 32.6 Å². The van der Waals surface area contributed by atoms with Crippen LogP contribution in [0.4, 0.5) is 34.1 Å². The van der Waals surface area contributed by atoms with E-state index in [-0.39, 0.29) is 0 Å². The van der Waals surface area contributed by atoms with Crippen LogP contribution in [-0.2, 0) is 0 Å². The molecule has 0 aliphatic rings. The zero-order valence-corrected chi connectivity index (χ0v) is 35.0. The van der Waals surface area contributed by atoms with Crippen molar-refractivity contribution >= 4 is 77.7 Å². The fraction of sp³-hybridized carbons (Fsp3) is 0. The Labute approximate surface area is 372 Å². The lowest BCUT2D eigenvalue weighted by Crippen LogP contribution is -2.09. The minimum atomic E-state index is 1.10. The first-order valence-electron chi connectivity index (χ1n) is 21.8. The number of nitrogens with zero attached hydrogens (tertiary/aromatic N) is 4. The molecule has 0 aliphatic carbocycles. The van der Waals surface area contributed by atoms with E-state index in [1.54, 1.807) is 0 Å². The molecule has 0 N–H and O–H groups in total. The van der Waals surface area contributed by atoms with Crippen LogP contribution in [0.5, 0.6) is 0 Å². The van der Waals surface area contributed by atoms with E-state index in [1.807, 2.05) is 0 Å². The maximum Gasteiger partial charge on any atom is 0.0561 e. The number of aromatic nitrogens is 2. The molecular formula is C60H42N4. The summed E-state index contributed by atoms with van der Waals surface area (Å²) in [7, 11) is 0. The van der Waals surface area contributed by atoms with Gasteiger partial charge in [-0.3, -0.25) is 0 Å². The normalized spacial score (nSPS) is 11.4. The molecule has 0 aliphatic heterocycles. The first kappa shape index (κ1) is 37.2. The molecule has 12 rings (SSSR count). The monoisotopic (exact) mass is 818 g/mol. The average molecular weight is 819 g/mol. The molecule has 4 heteroatoms. The molecule has 64 heavy (non-hydrogen) atoms. The van der Waals surface area contributed by atoms with E-state index < -0.39 is 0 Å². The van der Waals surface area contributed by atoms with Gasteiger partial charge in [-0.25, -0.2) is 0 Å². The maximum absolute atomic E-state index is 2.42. The Bertz CT molecular complexity index is 3510. The zero-order valence-electron chi connectivity index (χ0n) is 35.0. The van der Waals surface area contributed by atoms with Crippen LogP contribution in [0.1, 0.15) is 0 Å². The van der Waals surface area contributed by atoms with Crippen LogP contribution in [0.15, 0.2) is 255 Å². The maximum atomic E-state index is 2.42. The molecule has 0 radical (unpaired) electrons. The van der Waals surface area contributed by atoms with Gasteiger partial charge in [-0.2, -0.15) is 0 Å². The molecule has 0 spiro atoms. The van der Waals surface area contributed by atoms with Gasteiger partial charge in [-0.05, 0) is 120 Å². The first-order chi connectivity index (χ1) is 31.8. The molecule has 0 amide bonds. The minimum Gasteiger partial charge on any atom is -0.310 e. The molecule has 10 aromatic carbocycles. The van der Waals surface area contributed by atoms with Crippen molar-refractivity contribution in [2.45, 2.75) is 0 Å². The van der Waals surface area contributed by atoms with E-state index in [0.717, 1.165) is 67.7 Å². The summed E-state index contributed by atoms with van der Waals surface area (Å²) in [4.78, 5) is 4.66. The lowest BCUT2D eigenvalue weighted by atomic mass is 10.0. The Morgan fingerprint density at radius 2 is 0.609 bits per heavy atom. The molecule has 0 atom stereocenters. The zero-order chi connectivity index (χ0) is 42.4. The Morgan fingerprint density at radius 1 is 0.219 bits per heavy atom. The van der Waals surface area contributed by atoms with Crippen molar-refractivity contribution in [3.63, 3.8) is 0 Å². The second-order valence-corrected chi connectivity index (χ2v) is 16.2. The second kappa shape index (κ2) is 15.7. The van der Waals surface area contributed by atoms with Crippen LogP contribution in [0.2, 0.25) is 0 Å². The van der Waals surface area contributed by atoms with Gasteiger partial charge in [0, 0.05) is 67.0 Å². The molecule has 0 unspecified atom stereocenters. The molecule has 0 saturated carbocycles. The highest BCUT2D eigenvalue weighted by molar-refractivity contribution is 6.11. The predicted molar refractivity (Wildman–Crippen MR) is 270 cm³/mol. The minimum absolute atomic E-state index is 1.10. The average Bonchev–Trinajstić information content (AvgIpc) is 3.88. The van der Waals surface area contributed by atoms with Crippen molar-refractivity contribution in [3.8, 4) is 22.5 Å². The van der Waals surface area contributed by atoms with Gasteiger partial charge in [-0.15, -0.1) is 0 Å². The molecule has 0 bridgehead atoms. The van der Waals surface area contributed by atoms with E-state index in [4.69, 9.17) is 0 Å². The smallest absolute Gasteiger partial charge is 0.0561 e. The highest BCUT2D eigenvalue weighted by Gasteiger charge is 2.20. The third-order valence-corrected chi connectivity index (χ3v) is 12.5. The quantitative estimate of drug-likeness (QED) is 0.144. The molecule has 4 nitrogen and oxygen atoms in total. The lowest BCUT2D eigenvalue weighted by molar-refractivity contribution is 1.17. The Kier molecular flexibility index (Phi) is 9.12. The fourth-order valence-corrected chi connectivity index (χ4v) is 9.58. The number of hydrogen-bond acceptors (Lipinski definition) is 2. The third kappa shape index (κ3) is 6.40. The predicted octanol–water partition coefficient (Wildman–Crippen LogP) is 16.5. The third-order valence-electron chi connectivity index (χ3n) is 12.5. The summed E-state index contributed by atoms with van der Waals surface area (Å²) in [5.74, 6) is 0. The second-order valence-electron chi connectivity index (χ2n) is 16.2. The number of fused-ring (bicyclic) bond motifs is 6. The topological polar surface area (TPSA) is 16.3 Å². The molecular weight excluding hydrogens is 777 g/mol. The summed E-state index contributed by atoms with van der Waals surface area (Å²) in [6.45, 7) is 0. The highest BCUT2D eigenvalue weighted by Crippen LogP contribution is 2.42. The van der Waals surface area contributed by atoms with Crippen LogP contribution in [0.25, 0.3) is 66.1 Å². The fourth-order valence-electron chi connectivity index (χ4n) is 9.58. The van der Waals surface area contributed by atoms with Gasteiger partial charge in [0.25, 0.3) is 0 Å². The van der Waals surface area contributed by atoms with Gasteiger partial charge in [0.2, 0.25) is 0 Å². The van der Waals surface area contributed by atoms with Crippen molar-refractivity contribution in [2.75, 3.05) is 9.80 Å². The summed E-state index contributed by atoms with van der Waals surface area (Å²) in [5.41, 5.74) is 15.9. The van der Waals surface area contributed by atoms with Gasteiger partial charge in [0.1, 0.15) is 0 Å². The molecule has 0 saturated heterocycles. The van der Waals surface area contributed by atoms with Gasteiger partial charge in [0.05, 0.1) is 22.1 Å². The van der Waals surface area contributed by atoms with Crippen LogP contribution in [0.3, 0.4) is 0 Å². The number of hydrogen-bond donors (Lipinski definition) is 0. The summed E-state index contributed by atoms with van der Waals surface area (Å²) < 4.78 is 4.83. The standard InChI is InChI=1S/C60H42N4/c1-5-19-45(20-6-1)61(46-21-7-2-8-22-46)51-36-38-55-53-28-13-15-30-57(53)63(59(55)41-51)49-34-32-43(33-35-49)44-18-17-27-50(40-44)64-58-31-16-14-29-54(58)56-39-37-52(42-60(56)64)62(47-23-9-3-10-24-47)48-25-11-4-12-26-48/h1-42H. The van der Waals surface area contributed by atoms with Gasteiger partial charge in [0.15, 0.2) is 0 Å². The van der Waals surface area contributed by atoms with Crippen molar-refractivity contribution in [1.29, 1.82) is 0 Å². The van der Waals surface area contributed by atoms with Crippen LogP contribution < -0.4 is 9.80 Å². The van der Waals surface area contributed by atoms with Gasteiger partial charge < -0.3 is 18.9 Å². The summed E-state index contributed by atoms with van der Waals surface area (Å²) >= 11 is 0. The molecule has 2 heterocycles. The van der Waals surface area contributed by atoms with E-state index in [2.05, 4.69) is 274 Å². The number of rotatable bonds is 9. The van der Waals surface area contributed by atoms with E-state index in [0.29, 0.717) is 0 Å². The Morgan fingerprint density at radius 3 is 1.06 bits per heavy atom. The van der Waals surface area contributed by atoms with Gasteiger partial charge >= 0.3 is 0 Å². The van der Waals surface area contributed by atoms with E-state index >= 15 is 0 Å². The molecule has 0 fully saturated rings. The van der Waals surface area contributed by atoms with Crippen molar-refractivity contribution in [3.05, 3.63) is 255 Å². The van der Waals surface area contributed by atoms with E-state index in [9.17, 15) is 0 Å². The Hall–Kier alpha value is -8.60. The van der Waals surface area contributed by atoms with Crippen LogP contribution >= 0.6 is 0 Å². The lowest BCUT2D eigenvalue weighted by Gasteiger charge is -2.25. The summed E-state index contributed by atoms with van der Waals surface area (Å²) in [6, 6.07) is 91.7. The van der Waals surface area contributed by atoms with Crippen molar-refractivity contribution in [1.82, 2.24) is 9.13 Å². The SMILES string of the molecule is c1ccc(N(c2ccccc2)c2ccc3c4ccccc4n(-c4ccc(-c5cccc(-n6c7ccccc7c7ccc(N(c8ccccc8)c8ccccc8)cc76)c5)cc4)c3c2)cc1. The number of anilines is 6. The highest BCUT2D eigenvalue weighted by atomic mass is 15.2. The molecule has 302 valence electrons. The first-order valence-corrected chi connectivity index (χ1v) is 21.8. The van der Waals surface area contributed by atoms with Crippen molar-refractivity contribution < 1.29 is 0 Å².